The Labute approximate surface area is 133 Å². The summed E-state index contributed by atoms with van der Waals surface area (Å²) in [6.45, 7) is 4.22. The summed E-state index contributed by atoms with van der Waals surface area (Å²) in [4.78, 5) is 0.119. The number of ether oxygens (including phenoxy) is 1. The predicted octanol–water partition coefficient (Wildman–Crippen LogP) is 3.92. The normalized spacial score (nSPS) is 11.2. The Hall–Kier alpha value is -1.53. The van der Waals surface area contributed by atoms with E-state index in [0.717, 1.165) is 10.0 Å². The van der Waals surface area contributed by atoms with Gasteiger partial charge in [-0.3, -0.25) is 0 Å². The number of hydrogen-bond donors (Lipinski definition) is 0. The van der Waals surface area contributed by atoms with E-state index in [-0.39, 0.29) is 10.6 Å². The summed E-state index contributed by atoms with van der Waals surface area (Å²) in [5.74, 6) is 0.747. The third-order valence-electron chi connectivity index (χ3n) is 2.72. The molecule has 0 aliphatic heterocycles. The van der Waals surface area contributed by atoms with Gasteiger partial charge in [0.25, 0.3) is 0 Å². The quantitative estimate of drug-likeness (QED) is 0.748. The van der Waals surface area contributed by atoms with Gasteiger partial charge >= 0.3 is 10.1 Å². The minimum atomic E-state index is -3.85. The van der Waals surface area contributed by atoms with Crippen LogP contribution < -0.4 is 8.92 Å². The molecule has 0 N–H and O–H groups in total. The van der Waals surface area contributed by atoms with Crippen LogP contribution in [0.4, 0.5) is 0 Å². The molecule has 0 saturated heterocycles. The van der Waals surface area contributed by atoms with Crippen LogP contribution in [0.3, 0.4) is 0 Å². The molecule has 0 unspecified atom stereocenters. The van der Waals surface area contributed by atoms with E-state index in [4.69, 9.17) is 8.92 Å². The van der Waals surface area contributed by atoms with E-state index < -0.39 is 10.1 Å². The first-order valence-corrected chi connectivity index (χ1v) is 8.56. The van der Waals surface area contributed by atoms with Gasteiger partial charge in [-0.15, -0.1) is 0 Å². The average molecular weight is 371 g/mol. The summed E-state index contributed by atoms with van der Waals surface area (Å²) in [6, 6.07) is 11.3. The molecule has 0 saturated carbocycles. The molecular weight excluding hydrogens is 356 g/mol. The fourth-order valence-corrected chi connectivity index (χ4v) is 2.97. The van der Waals surface area contributed by atoms with Crippen LogP contribution in [0, 0.1) is 6.92 Å². The second kappa shape index (κ2) is 6.49. The van der Waals surface area contributed by atoms with Gasteiger partial charge in [-0.1, -0.05) is 17.7 Å². The first-order valence-electron chi connectivity index (χ1n) is 6.36. The van der Waals surface area contributed by atoms with E-state index in [9.17, 15) is 8.42 Å². The minimum absolute atomic E-state index is 0.119. The van der Waals surface area contributed by atoms with Crippen molar-refractivity contribution >= 4 is 26.0 Å². The van der Waals surface area contributed by atoms with Crippen molar-refractivity contribution in [2.24, 2.45) is 0 Å². The van der Waals surface area contributed by atoms with Gasteiger partial charge in [0.15, 0.2) is 0 Å². The second-order valence-corrected chi connectivity index (χ2v) is 6.78. The Morgan fingerprint density at radius 1 is 1.10 bits per heavy atom. The van der Waals surface area contributed by atoms with Crippen molar-refractivity contribution in [2.75, 3.05) is 6.61 Å². The van der Waals surface area contributed by atoms with Crippen molar-refractivity contribution in [2.45, 2.75) is 18.7 Å². The van der Waals surface area contributed by atoms with Gasteiger partial charge < -0.3 is 8.92 Å². The molecular formula is C15H15BrO4S. The highest BCUT2D eigenvalue weighted by atomic mass is 79.9. The zero-order chi connectivity index (χ0) is 15.5. The Morgan fingerprint density at radius 2 is 1.76 bits per heavy atom. The van der Waals surface area contributed by atoms with Gasteiger partial charge in [-0.25, -0.2) is 0 Å². The first kappa shape index (κ1) is 15.9. The molecule has 0 aliphatic carbocycles. The van der Waals surface area contributed by atoms with Gasteiger partial charge in [0.05, 0.1) is 11.1 Å². The summed E-state index contributed by atoms with van der Waals surface area (Å²) >= 11 is 3.33. The molecule has 0 atom stereocenters. The molecule has 112 valence electrons. The minimum Gasteiger partial charge on any atom is -0.493 e. The summed E-state index contributed by atoms with van der Waals surface area (Å²) in [5.41, 5.74) is 0.983. The molecule has 6 heteroatoms. The number of aryl methyl sites for hydroxylation is 1. The van der Waals surface area contributed by atoms with E-state index in [0.29, 0.717) is 12.4 Å². The lowest BCUT2D eigenvalue weighted by Gasteiger charge is -2.10. The van der Waals surface area contributed by atoms with Gasteiger partial charge in [0.1, 0.15) is 16.4 Å². The largest absolute Gasteiger partial charge is 0.493 e. The van der Waals surface area contributed by atoms with Gasteiger partial charge in [-0.2, -0.15) is 8.42 Å². The van der Waals surface area contributed by atoms with Crippen LogP contribution in [0.2, 0.25) is 0 Å². The maximum absolute atomic E-state index is 12.2. The topological polar surface area (TPSA) is 52.6 Å². The van der Waals surface area contributed by atoms with Crippen molar-refractivity contribution < 1.29 is 17.3 Å². The van der Waals surface area contributed by atoms with Crippen LogP contribution >= 0.6 is 15.9 Å². The Balaban J connectivity index is 2.28. The third-order valence-corrected chi connectivity index (χ3v) is 4.63. The van der Waals surface area contributed by atoms with Crippen LogP contribution in [-0.4, -0.2) is 15.0 Å². The number of hydrogen-bond acceptors (Lipinski definition) is 4. The highest BCUT2D eigenvalue weighted by Gasteiger charge is 2.17. The second-order valence-electron chi connectivity index (χ2n) is 4.38. The third kappa shape index (κ3) is 3.98. The standard InChI is InChI=1S/C15H15BrO4S/c1-3-19-15-10-12(6-9-14(15)16)20-21(17,18)13-7-4-11(2)5-8-13/h4-10H,3H2,1-2H3. The molecule has 0 radical (unpaired) electrons. The highest BCUT2D eigenvalue weighted by Crippen LogP contribution is 2.30. The lowest BCUT2D eigenvalue weighted by atomic mass is 10.2. The Kier molecular flexibility index (Phi) is 4.90. The number of benzene rings is 2. The molecule has 0 fully saturated rings. The molecule has 0 aliphatic rings. The van der Waals surface area contributed by atoms with Crippen molar-refractivity contribution in [3.8, 4) is 11.5 Å². The molecule has 2 aromatic carbocycles. The van der Waals surface area contributed by atoms with Crippen LogP contribution in [0.15, 0.2) is 51.8 Å². The maximum atomic E-state index is 12.2. The van der Waals surface area contributed by atoms with Gasteiger partial charge in [-0.05, 0) is 54.0 Å². The fourth-order valence-electron chi connectivity index (χ4n) is 1.68. The highest BCUT2D eigenvalue weighted by molar-refractivity contribution is 9.10. The molecule has 4 nitrogen and oxygen atoms in total. The molecule has 0 amide bonds. The molecule has 0 spiro atoms. The molecule has 2 aromatic rings. The summed E-state index contributed by atoms with van der Waals surface area (Å²) in [7, 11) is -3.85. The monoisotopic (exact) mass is 370 g/mol. The lowest BCUT2D eigenvalue weighted by molar-refractivity contribution is 0.337. The molecule has 21 heavy (non-hydrogen) atoms. The molecule has 0 bridgehead atoms. The smallest absolute Gasteiger partial charge is 0.339 e. The van der Waals surface area contributed by atoms with Gasteiger partial charge in [0.2, 0.25) is 0 Å². The fraction of sp³-hybridized carbons (Fsp3) is 0.200. The Bertz CT molecular complexity index is 724. The summed E-state index contributed by atoms with van der Waals surface area (Å²) in [6.07, 6.45) is 0. The van der Waals surface area contributed by atoms with E-state index >= 15 is 0 Å². The van der Waals surface area contributed by atoms with Crippen molar-refractivity contribution in [3.05, 3.63) is 52.5 Å². The summed E-state index contributed by atoms with van der Waals surface area (Å²) < 4.78 is 35.7. The lowest BCUT2D eigenvalue weighted by Crippen LogP contribution is -2.09. The maximum Gasteiger partial charge on any atom is 0.339 e. The Morgan fingerprint density at radius 3 is 2.38 bits per heavy atom. The van der Waals surface area contributed by atoms with E-state index in [2.05, 4.69) is 15.9 Å². The van der Waals surface area contributed by atoms with Crippen molar-refractivity contribution in [3.63, 3.8) is 0 Å². The zero-order valence-corrected chi connectivity index (χ0v) is 14.1. The van der Waals surface area contributed by atoms with Crippen LogP contribution in [0.5, 0.6) is 11.5 Å². The van der Waals surface area contributed by atoms with E-state index in [1.807, 2.05) is 13.8 Å². The number of rotatable bonds is 5. The molecule has 0 heterocycles. The van der Waals surface area contributed by atoms with Crippen LogP contribution in [0.25, 0.3) is 0 Å². The first-order chi connectivity index (χ1) is 9.92. The van der Waals surface area contributed by atoms with Crippen molar-refractivity contribution in [1.29, 1.82) is 0 Å². The van der Waals surface area contributed by atoms with Crippen LogP contribution in [0.1, 0.15) is 12.5 Å². The number of halogens is 1. The van der Waals surface area contributed by atoms with Gasteiger partial charge in [0, 0.05) is 6.07 Å². The zero-order valence-electron chi connectivity index (χ0n) is 11.7. The van der Waals surface area contributed by atoms with Crippen molar-refractivity contribution in [1.82, 2.24) is 0 Å². The predicted molar refractivity (Wildman–Crippen MR) is 84.3 cm³/mol. The average Bonchev–Trinajstić information content (AvgIpc) is 2.43. The molecule has 2 rings (SSSR count). The SMILES string of the molecule is CCOc1cc(OS(=O)(=O)c2ccc(C)cc2)ccc1Br. The van der Waals surface area contributed by atoms with Crippen LogP contribution in [-0.2, 0) is 10.1 Å². The summed E-state index contributed by atoms with van der Waals surface area (Å²) in [5, 5.41) is 0. The van der Waals surface area contributed by atoms with E-state index in [1.165, 1.54) is 12.1 Å². The molecule has 0 aromatic heterocycles. The van der Waals surface area contributed by atoms with E-state index in [1.54, 1.807) is 30.3 Å².